The van der Waals surface area contributed by atoms with Crippen LogP contribution in [0.3, 0.4) is 0 Å². The first-order valence-electron chi connectivity index (χ1n) is 9.59. The minimum atomic E-state index is 0.00483. The van der Waals surface area contributed by atoms with Crippen LogP contribution >= 0.6 is 23.3 Å². The molecule has 0 radical (unpaired) electrons. The largest absolute Gasteiger partial charge is 0.338 e. The Morgan fingerprint density at radius 2 is 2.08 bits per heavy atom. The molecule has 0 aromatic carbocycles. The van der Waals surface area contributed by atoms with Crippen molar-refractivity contribution in [2.45, 2.75) is 64.1 Å². The number of aryl methyl sites for hydroxylation is 1. The molecular weight excluding hydrogens is 350 g/mol. The Kier molecular flexibility index (Phi) is 7.22. The molecule has 2 aliphatic heterocycles. The SMILES string of the molecule is CC(C)N1CCC(N2CCC[C@H](NSCCc3cccs3)C2=O)CC1. The first-order chi connectivity index (χ1) is 12.1. The number of rotatable bonds is 7. The molecule has 140 valence electrons. The Bertz CT molecular complexity index is 527. The lowest BCUT2D eigenvalue weighted by atomic mass is 9.97. The molecule has 3 rings (SSSR count). The number of amides is 1. The van der Waals surface area contributed by atoms with E-state index < -0.39 is 0 Å². The molecule has 1 aromatic heterocycles. The van der Waals surface area contributed by atoms with E-state index in [2.05, 4.69) is 45.9 Å². The Hall–Kier alpha value is -0.560. The lowest BCUT2D eigenvalue weighted by Crippen LogP contribution is -2.55. The minimum absolute atomic E-state index is 0.00483. The van der Waals surface area contributed by atoms with Crippen molar-refractivity contribution in [3.63, 3.8) is 0 Å². The molecule has 2 saturated heterocycles. The molecule has 2 fully saturated rings. The zero-order valence-electron chi connectivity index (χ0n) is 15.4. The monoisotopic (exact) mass is 381 g/mol. The van der Waals surface area contributed by atoms with Crippen LogP contribution in [0.4, 0.5) is 0 Å². The Labute approximate surface area is 160 Å². The molecule has 0 bridgehead atoms. The topological polar surface area (TPSA) is 35.6 Å². The summed E-state index contributed by atoms with van der Waals surface area (Å²) in [6.07, 6.45) is 5.43. The predicted octanol–water partition coefficient (Wildman–Crippen LogP) is 3.39. The number of piperidine rings is 2. The Balaban J connectivity index is 1.43. The summed E-state index contributed by atoms with van der Waals surface area (Å²) in [5.74, 6) is 1.36. The Morgan fingerprint density at radius 1 is 1.28 bits per heavy atom. The van der Waals surface area contributed by atoms with E-state index in [0.29, 0.717) is 18.0 Å². The highest BCUT2D eigenvalue weighted by atomic mass is 32.2. The third kappa shape index (κ3) is 5.22. The maximum Gasteiger partial charge on any atom is 0.240 e. The fourth-order valence-electron chi connectivity index (χ4n) is 3.85. The molecule has 0 saturated carbocycles. The molecule has 1 atom stereocenters. The number of carbonyl (C=O) groups excluding carboxylic acids is 1. The fraction of sp³-hybridized carbons (Fsp3) is 0.737. The maximum atomic E-state index is 12.9. The van der Waals surface area contributed by atoms with Gasteiger partial charge in [-0.2, -0.15) is 0 Å². The van der Waals surface area contributed by atoms with Crippen molar-refractivity contribution in [2.24, 2.45) is 0 Å². The van der Waals surface area contributed by atoms with Gasteiger partial charge in [-0.3, -0.25) is 9.52 Å². The van der Waals surface area contributed by atoms with Crippen molar-refractivity contribution in [1.82, 2.24) is 14.5 Å². The molecule has 3 heterocycles. The van der Waals surface area contributed by atoms with Gasteiger partial charge in [0, 0.05) is 42.3 Å². The average Bonchev–Trinajstić information content (AvgIpc) is 3.13. The van der Waals surface area contributed by atoms with Crippen LogP contribution in [0.1, 0.15) is 44.4 Å². The Morgan fingerprint density at radius 3 is 2.76 bits per heavy atom. The van der Waals surface area contributed by atoms with E-state index in [4.69, 9.17) is 0 Å². The highest BCUT2D eigenvalue weighted by Crippen LogP contribution is 2.24. The van der Waals surface area contributed by atoms with Gasteiger partial charge in [0.05, 0.1) is 6.04 Å². The van der Waals surface area contributed by atoms with Gasteiger partial charge in [0.1, 0.15) is 0 Å². The summed E-state index contributed by atoms with van der Waals surface area (Å²) in [5, 5.41) is 2.13. The summed E-state index contributed by atoms with van der Waals surface area (Å²) >= 11 is 3.53. The quantitative estimate of drug-likeness (QED) is 0.580. The molecule has 1 N–H and O–H groups in total. The molecule has 2 aliphatic rings. The molecule has 4 nitrogen and oxygen atoms in total. The molecule has 1 aromatic rings. The summed E-state index contributed by atoms with van der Waals surface area (Å²) in [7, 11) is 0. The summed E-state index contributed by atoms with van der Waals surface area (Å²) in [6, 6.07) is 5.36. The molecule has 25 heavy (non-hydrogen) atoms. The maximum absolute atomic E-state index is 12.9. The van der Waals surface area contributed by atoms with Crippen molar-refractivity contribution in [3.05, 3.63) is 22.4 Å². The second kappa shape index (κ2) is 9.40. The van der Waals surface area contributed by atoms with Crippen LogP contribution in [-0.4, -0.2) is 59.2 Å². The highest BCUT2D eigenvalue weighted by Gasteiger charge is 2.34. The van der Waals surface area contributed by atoms with Crippen LogP contribution in [-0.2, 0) is 11.2 Å². The number of likely N-dealkylation sites (tertiary alicyclic amines) is 2. The van der Waals surface area contributed by atoms with Crippen molar-refractivity contribution in [2.75, 3.05) is 25.4 Å². The van der Waals surface area contributed by atoms with E-state index in [9.17, 15) is 4.79 Å². The first-order valence-corrected chi connectivity index (χ1v) is 11.5. The van der Waals surface area contributed by atoms with Gasteiger partial charge in [-0.15, -0.1) is 11.3 Å². The van der Waals surface area contributed by atoms with Gasteiger partial charge in [0.25, 0.3) is 0 Å². The van der Waals surface area contributed by atoms with E-state index in [0.717, 1.165) is 57.5 Å². The number of nitrogens with one attached hydrogen (secondary N) is 1. The van der Waals surface area contributed by atoms with Crippen LogP contribution in [0.25, 0.3) is 0 Å². The molecule has 1 amide bonds. The molecule has 0 aliphatic carbocycles. The van der Waals surface area contributed by atoms with Gasteiger partial charge in [-0.1, -0.05) is 18.0 Å². The molecule has 6 heteroatoms. The third-order valence-electron chi connectivity index (χ3n) is 5.40. The number of hydrogen-bond donors (Lipinski definition) is 1. The summed E-state index contributed by atoms with van der Waals surface area (Å²) < 4.78 is 3.45. The third-order valence-corrected chi connectivity index (χ3v) is 7.19. The van der Waals surface area contributed by atoms with E-state index in [-0.39, 0.29) is 6.04 Å². The van der Waals surface area contributed by atoms with Gasteiger partial charge in [-0.05, 0) is 57.4 Å². The van der Waals surface area contributed by atoms with Gasteiger partial charge >= 0.3 is 0 Å². The number of carbonyl (C=O) groups is 1. The lowest BCUT2D eigenvalue weighted by Gasteiger charge is -2.43. The molecule has 0 unspecified atom stereocenters. The minimum Gasteiger partial charge on any atom is -0.338 e. The van der Waals surface area contributed by atoms with Gasteiger partial charge < -0.3 is 9.80 Å². The van der Waals surface area contributed by atoms with Crippen molar-refractivity contribution >= 4 is 29.2 Å². The van der Waals surface area contributed by atoms with E-state index >= 15 is 0 Å². The standard InChI is InChI=1S/C19H31N3OS2/c1-15(2)21-11-7-16(8-12-21)22-10-3-6-18(19(22)23)20-25-14-9-17-5-4-13-24-17/h4-5,13,15-16,18,20H,3,6-12,14H2,1-2H3/t18-/m0/s1. The van der Waals surface area contributed by atoms with Crippen LogP contribution < -0.4 is 4.72 Å². The highest BCUT2D eigenvalue weighted by molar-refractivity contribution is 7.97. The van der Waals surface area contributed by atoms with Crippen molar-refractivity contribution < 1.29 is 4.79 Å². The van der Waals surface area contributed by atoms with Crippen molar-refractivity contribution in [1.29, 1.82) is 0 Å². The van der Waals surface area contributed by atoms with E-state index in [1.165, 1.54) is 4.88 Å². The number of hydrogen-bond acceptors (Lipinski definition) is 5. The second-order valence-electron chi connectivity index (χ2n) is 7.38. The van der Waals surface area contributed by atoms with Crippen LogP contribution in [0, 0.1) is 0 Å². The normalized spacial score (nSPS) is 23.6. The summed E-state index contributed by atoms with van der Waals surface area (Å²) in [5.41, 5.74) is 0. The summed E-state index contributed by atoms with van der Waals surface area (Å²) in [4.78, 5) is 19.0. The van der Waals surface area contributed by atoms with Gasteiger partial charge in [0.15, 0.2) is 0 Å². The van der Waals surface area contributed by atoms with Gasteiger partial charge in [-0.25, -0.2) is 0 Å². The molecule has 0 spiro atoms. The van der Waals surface area contributed by atoms with E-state index in [1.54, 1.807) is 11.9 Å². The smallest absolute Gasteiger partial charge is 0.240 e. The van der Waals surface area contributed by atoms with Crippen LogP contribution in [0.5, 0.6) is 0 Å². The van der Waals surface area contributed by atoms with Gasteiger partial charge in [0.2, 0.25) is 5.91 Å². The van der Waals surface area contributed by atoms with E-state index in [1.807, 2.05) is 11.3 Å². The zero-order valence-corrected chi connectivity index (χ0v) is 17.1. The van der Waals surface area contributed by atoms with Crippen molar-refractivity contribution in [3.8, 4) is 0 Å². The number of thiophene rings is 1. The average molecular weight is 382 g/mol. The summed E-state index contributed by atoms with van der Waals surface area (Å²) in [6.45, 7) is 7.72. The predicted molar refractivity (Wildman–Crippen MR) is 108 cm³/mol. The second-order valence-corrected chi connectivity index (χ2v) is 9.35. The first kappa shape index (κ1) is 19.2. The number of nitrogens with zero attached hydrogens (tertiary/aromatic N) is 2. The zero-order chi connectivity index (χ0) is 17.6. The fourth-order valence-corrected chi connectivity index (χ4v) is 5.55. The van der Waals surface area contributed by atoms with Crippen LogP contribution in [0.15, 0.2) is 17.5 Å². The molecular formula is C19H31N3OS2. The van der Waals surface area contributed by atoms with Crippen LogP contribution in [0.2, 0.25) is 0 Å². The lowest BCUT2D eigenvalue weighted by molar-refractivity contribution is -0.139.